The molecule has 0 radical (unpaired) electrons. The van der Waals surface area contributed by atoms with Gasteiger partial charge in [-0.05, 0) is 19.2 Å². The maximum Gasteiger partial charge on any atom is 0.406 e. The number of carboxylic acid groups (broad SMARTS) is 1. The van der Waals surface area contributed by atoms with Gasteiger partial charge in [-0.15, -0.1) is 0 Å². The molecule has 1 atom stereocenters. The van der Waals surface area contributed by atoms with Crippen LogP contribution in [0.2, 0.25) is 0 Å². The van der Waals surface area contributed by atoms with E-state index in [1.54, 1.807) is 4.90 Å². The Balaban J connectivity index is 2.74. The van der Waals surface area contributed by atoms with E-state index in [4.69, 9.17) is 5.11 Å². The van der Waals surface area contributed by atoms with Crippen molar-refractivity contribution < 1.29 is 23.1 Å². The molecule has 1 aliphatic rings. The van der Waals surface area contributed by atoms with Crippen LogP contribution in [0.3, 0.4) is 0 Å². The summed E-state index contributed by atoms with van der Waals surface area (Å²) in [5, 5.41) is 8.79. The molecule has 16 heavy (non-hydrogen) atoms. The first kappa shape index (κ1) is 13.6. The number of aliphatic carboxylic acids is 1. The minimum Gasteiger partial charge on any atom is -0.481 e. The third-order valence-corrected chi connectivity index (χ3v) is 3.50. The minimum absolute atomic E-state index is 0.201. The summed E-state index contributed by atoms with van der Waals surface area (Å²) in [6, 6.07) is 0. The van der Waals surface area contributed by atoms with E-state index in [2.05, 4.69) is 0 Å². The topological polar surface area (TPSA) is 40.5 Å². The Kier molecular flexibility index (Phi) is 4.12. The second kappa shape index (κ2) is 4.83. The van der Waals surface area contributed by atoms with Gasteiger partial charge in [0.25, 0.3) is 0 Å². The number of hydrogen-bond acceptors (Lipinski definition) is 3. The fourth-order valence-corrected chi connectivity index (χ4v) is 2.27. The van der Waals surface area contributed by atoms with Gasteiger partial charge in [-0.25, -0.2) is 0 Å². The van der Waals surface area contributed by atoms with Crippen LogP contribution in [0.25, 0.3) is 0 Å². The number of carbonyl (C=O) groups is 1. The Morgan fingerprint density at radius 3 is 2.56 bits per heavy atom. The van der Waals surface area contributed by atoms with Crippen molar-refractivity contribution in [3.05, 3.63) is 0 Å². The van der Waals surface area contributed by atoms with Gasteiger partial charge in [0.2, 0.25) is 0 Å². The highest BCUT2D eigenvalue weighted by atomic mass is 32.2. The molecule has 1 unspecified atom stereocenters. The zero-order valence-corrected chi connectivity index (χ0v) is 9.70. The highest BCUT2D eigenvalue weighted by Gasteiger charge is 2.63. The number of halogens is 3. The van der Waals surface area contributed by atoms with Gasteiger partial charge in [-0.1, -0.05) is 0 Å². The molecule has 1 saturated heterocycles. The van der Waals surface area contributed by atoms with Crippen LogP contribution >= 0.6 is 11.8 Å². The van der Waals surface area contributed by atoms with Crippen molar-refractivity contribution >= 4 is 17.7 Å². The predicted octanol–water partition coefficient (Wildman–Crippen LogP) is 1.69. The van der Waals surface area contributed by atoms with E-state index in [9.17, 15) is 18.0 Å². The van der Waals surface area contributed by atoms with Crippen LogP contribution in [-0.2, 0) is 4.79 Å². The average molecular weight is 257 g/mol. The zero-order valence-electron chi connectivity index (χ0n) is 8.88. The molecule has 1 fully saturated rings. The van der Waals surface area contributed by atoms with E-state index in [1.807, 2.05) is 6.26 Å². The SMILES string of the molecule is CSCCN1CCC(C(=O)O)(C(F)(F)F)C1. The van der Waals surface area contributed by atoms with Gasteiger partial charge in [-0.2, -0.15) is 24.9 Å². The molecule has 0 spiro atoms. The van der Waals surface area contributed by atoms with Crippen LogP contribution in [0.5, 0.6) is 0 Å². The molecule has 1 aliphatic heterocycles. The predicted molar refractivity (Wildman–Crippen MR) is 55.6 cm³/mol. The largest absolute Gasteiger partial charge is 0.481 e. The van der Waals surface area contributed by atoms with E-state index >= 15 is 0 Å². The maximum absolute atomic E-state index is 12.7. The molecule has 94 valence electrons. The van der Waals surface area contributed by atoms with Crippen LogP contribution in [0.1, 0.15) is 6.42 Å². The molecule has 0 aromatic heterocycles. The molecule has 0 aromatic carbocycles. The quantitative estimate of drug-likeness (QED) is 0.832. The average Bonchev–Trinajstić information content (AvgIpc) is 2.58. The molecule has 1 N–H and O–H groups in total. The molecule has 1 rings (SSSR count). The molecule has 7 heteroatoms. The first-order chi connectivity index (χ1) is 7.33. The molecular weight excluding hydrogens is 243 g/mol. The monoisotopic (exact) mass is 257 g/mol. The Morgan fingerprint density at radius 1 is 1.56 bits per heavy atom. The molecule has 0 aromatic rings. The minimum atomic E-state index is -4.67. The standard InChI is InChI=1S/C9H14F3NO2S/c1-16-5-4-13-3-2-8(6-13,7(14)15)9(10,11)12/h2-6H2,1H3,(H,14,15). The summed E-state index contributed by atoms with van der Waals surface area (Å²) < 4.78 is 38.2. The van der Waals surface area contributed by atoms with Crippen molar-refractivity contribution in [1.82, 2.24) is 4.90 Å². The summed E-state index contributed by atoms with van der Waals surface area (Å²) in [7, 11) is 0. The second-order valence-electron chi connectivity index (χ2n) is 3.90. The fourth-order valence-electron chi connectivity index (χ4n) is 1.83. The van der Waals surface area contributed by atoms with E-state index in [-0.39, 0.29) is 13.0 Å². The fraction of sp³-hybridized carbons (Fsp3) is 0.889. The van der Waals surface area contributed by atoms with Crippen molar-refractivity contribution in [2.24, 2.45) is 5.41 Å². The highest BCUT2D eigenvalue weighted by Crippen LogP contribution is 2.45. The molecule has 0 bridgehead atoms. The number of thioether (sulfide) groups is 1. The van der Waals surface area contributed by atoms with E-state index in [1.165, 1.54) is 11.8 Å². The van der Waals surface area contributed by atoms with Crippen LogP contribution < -0.4 is 0 Å². The van der Waals surface area contributed by atoms with Crippen molar-refractivity contribution in [3.8, 4) is 0 Å². The van der Waals surface area contributed by atoms with E-state index < -0.39 is 24.1 Å². The Hall–Kier alpha value is -0.430. The number of rotatable bonds is 4. The normalized spacial score (nSPS) is 27.2. The third-order valence-electron chi connectivity index (χ3n) is 2.91. The van der Waals surface area contributed by atoms with Crippen molar-refractivity contribution in [2.45, 2.75) is 12.6 Å². The lowest BCUT2D eigenvalue weighted by Gasteiger charge is -2.27. The van der Waals surface area contributed by atoms with Gasteiger partial charge in [0.05, 0.1) is 0 Å². The van der Waals surface area contributed by atoms with Gasteiger partial charge in [0.1, 0.15) is 0 Å². The number of hydrogen-bond donors (Lipinski definition) is 1. The summed E-state index contributed by atoms with van der Waals surface area (Å²) in [5.74, 6) is -1.04. The molecular formula is C9H14F3NO2S. The summed E-state index contributed by atoms with van der Waals surface area (Å²) in [4.78, 5) is 12.4. The van der Waals surface area contributed by atoms with E-state index in [0.29, 0.717) is 12.3 Å². The van der Waals surface area contributed by atoms with Crippen molar-refractivity contribution in [1.29, 1.82) is 0 Å². The number of nitrogens with zero attached hydrogens (tertiary/aromatic N) is 1. The van der Waals surface area contributed by atoms with Crippen molar-refractivity contribution in [2.75, 3.05) is 31.6 Å². The number of alkyl halides is 3. The third kappa shape index (κ3) is 2.45. The summed E-state index contributed by atoms with van der Waals surface area (Å²) in [6.07, 6.45) is -3.16. The van der Waals surface area contributed by atoms with E-state index in [0.717, 1.165) is 0 Å². The highest BCUT2D eigenvalue weighted by molar-refractivity contribution is 7.98. The van der Waals surface area contributed by atoms with Crippen LogP contribution in [0, 0.1) is 5.41 Å². The Morgan fingerprint density at radius 2 is 2.19 bits per heavy atom. The van der Waals surface area contributed by atoms with Crippen molar-refractivity contribution in [3.63, 3.8) is 0 Å². The molecule has 3 nitrogen and oxygen atoms in total. The summed E-state index contributed by atoms with van der Waals surface area (Å²) >= 11 is 1.53. The number of carboxylic acids is 1. The first-order valence-corrected chi connectivity index (χ1v) is 6.24. The lowest BCUT2D eigenvalue weighted by atomic mass is 9.86. The maximum atomic E-state index is 12.7. The van der Waals surface area contributed by atoms with Crippen LogP contribution in [-0.4, -0.2) is 53.8 Å². The lowest BCUT2D eigenvalue weighted by Crippen LogP contribution is -2.47. The summed E-state index contributed by atoms with van der Waals surface area (Å²) in [5.41, 5.74) is -2.56. The second-order valence-corrected chi connectivity index (χ2v) is 4.89. The smallest absolute Gasteiger partial charge is 0.406 e. The van der Waals surface area contributed by atoms with Gasteiger partial charge in [0.15, 0.2) is 5.41 Å². The number of likely N-dealkylation sites (tertiary alicyclic amines) is 1. The van der Waals surface area contributed by atoms with Crippen LogP contribution in [0.4, 0.5) is 13.2 Å². The molecule has 0 saturated carbocycles. The zero-order chi connectivity index (χ0) is 12.4. The van der Waals surface area contributed by atoms with Gasteiger partial charge in [0, 0.05) is 18.8 Å². The van der Waals surface area contributed by atoms with Gasteiger partial charge < -0.3 is 10.0 Å². The lowest BCUT2D eigenvalue weighted by molar-refractivity contribution is -0.227. The molecule has 0 amide bonds. The summed E-state index contributed by atoms with van der Waals surface area (Å²) in [6.45, 7) is 0.283. The molecule has 1 heterocycles. The van der Waals surface area contributed by atoms with Gasteiger partial charge in [-0.3, -0.25) is 4.79 Å². The molecule has 0 aliphatic carbocycles. The van der Waals surface area contributed by atoms with Gasteiger partial charge >= 0.3 is 12.1 Å². The first-order valence-electron chi connectivity index (χ1n) is 4.85. The Bertz CT molecular complexity index is 272. The Labute approximate surface area is 96.0 Å². The van der Waals surface area contributed by atoms with Crippen LogP contribution in [0.15, 0.2) is 0 Å².